The number of amidine groups is 1. The third-order valence-electron chi connectivity index (χ3n) is 3.91. The van der Waals surface area contributed by atoms with Crippen molar-refractivity contribution in [3.05, 3.63) is 35.6 Å². The molecule has 0 fully saturated rings. The zero-order valence-electron chi connectivity index (χ0n) is 12.6. The number of benzene rings is 1. The Bertz CT molecular complexity index is 474. The second-order valence-electron chi connectivity index (χ2n) is 5.80. The largest absolute Gasteiger partial charge is 0.409 e. The number of nitrogens with two attached hydrogens (primary N) is 1. The summed E-state index contributed by atoms with van der Waals surface area (Å²) in [5.74, 6) is 0.0204. The van der Waals surface area contributed by atoms with Gasteiger partial charge in [-0.05, 0) is 33.0 Å². The van der Waals surface area contributed by atoms with E-state index in [0.717, 1.165) is 13.0 Å². The van der Waals surface area contributed by atoms with Gasteiger partial charge in [0.15, 0.2) is 0 Å². The third-order valence-corrected chi connectivity index (χ3v) is 3.91. The van der Waals surface area contributed by atoms with E-state index < -0.39 is 5.41 Å². The van der Waals surface area contributed by atoms with E-state index in [1.54, 1.807) is 12.1 Å². The summed E-state index contributed by atoms with van der Waals surface area (Å²) in [6.45, 7) is 6.53. The Kier molecular flexibility index (Phi) is 5.51. The maximum atomic E-state index is 13.8. The highest BCUT2D eigenvalue weighted by atomic mass is 19.1. The van der Waals surface area contributed by atoms with Crippen LogP contribution in [-0.2, 0) is 0 Å². The minimum absolute atomic E-state index is 0.0284. The molecule has 0 saturated heterocycles. The van der Waals surface area contributed by atoms with Crippen LogP contribution in [0.25, 0.3) is 0 Å². The van der Waals surface area contributed by atoms with Crippen molar-refractivity contribution >= 4 is 5.84 Å². The van der Waals surface area contributed by atoms with Crippen molar-refractivity contribution in [1.29, 1.82) is 0 Å². The van der Waals surface area contributed by atoms with Crippen LogP contribution >= 0.6 is 0 Å². The SMILES string of the molecule is CC(c1ccccc1F)N(C)CCC(C)(C)C(N)=NO. The Labute approximate surface area is 120 Å². The van der Waals surface area contributed by atoms with Crippen LogP contribution in [0.5, 0.6) is 0 Å². The van der Waals surface area contributed by atoms with Crippen molar-refractivity contribution in [3.63, 3.8) is 0 Å². The molecule has 20 heavy (non-hydrogen) atoms. The van der Waals surface area contributed by atoms with Gasteiger partial charge in [0.1, 0.15) is 11.7 Å². The Balaban J connectivity index is 2.68. The number of halogens is 1. The molecule has 0 aliphatic heterocycles. The molecule has 1 unspecified atom stereocenters. The Morgan fingerprint density at radius 1 is 1.45 bits per heavy atom. The van der Waals surface area contributed by atoms with Gasteiger partial charge in [-0.3, -0.25) is 4.90 Å². The van der Waals surface area contributed by atoms with Crippen LogP contribution in [0.2, 0.25) is 0 Å². The zero-order valence-corrected chi connectivity index (χ0v) is 12.6. The molecule has 5 heteroatoms. The van der Waals surface area contributed by atoms with Gasteiger partial charge >= 0.3 is 0 Å². The molecule has 112 valence electrons. The van der Waals surface area contributed by atoms with Gasteiger partial charge in [-0.15, -0.1) is 0 Å². The molecule has 0 radical (unpaired) electrons. The molecule has 0 aromatic heterocycles. The van der Waals surface area contributed by atoms with Crippen molar-refractivity contribution in [2.75, 3.05) is 13.6 Å². The summed E-state index contributed by atoms with van der Waals surface area (Å²) < 4.78 is 13.8. The number of hydrogen-bond acceptors (Lipinski definition) is 3. The second-order valence-corrected chi connectivity index (χ2v) is 5.80. The molecular formula is C15H24FN3O. The molecule has 0 spiro atoms. The average Bonchev–Trinajstić information content (AvgIpc) is 2.43. The number of nitrogens with zero attached hydrogens (tertiary/aromatic N) is 2. The van der Waals surface area contributed by atoms with Crippen LogP contribution in [0.15, 0.2) is 29.4 Å². The van der Waals surface area contributed by atoms with Gasteiger partial charge in [-0.2, -0.15) is 0 Å². The van der Waals surface area contributed by atoms with E-state index in [9.17, 15) is 4.39 Å². The van der Waals surface area contributed by atoms with Crippen LogP contribution in [0.1, 0.15) is 38.8 Å². The molecule has 0 bridgehead atoms. The summed E-state index contributed by atoms with van der Waals surface area (Å²) in [6, 6.07) is 6.76. The molecule has 1 aromatic carbocycles. The quantitative estimate of drug-likeness (QED) is 0.365. The summed E-state index contributed by atoms with van der Waals surface area (Å²) in [5.41, 5.74) is 5.96. The number of oxime groups is 1. The lowest BCUT2D eigenvalue weighted by molar-refractivity contribution is 0.227. The van der Waals surface area contributed by atoms with E-state index >= 15 is 0 Å². The maximum Gasteiger partial charge on any atom is 0.144 e. The van der Waals surface area contributed by atoms with Crippen molar-refractivity contribution in [1.82, 2.24) is 4.90 Å². The monoisotopic (exact) mass is 281 g/mol. The highest BCUT2D eigenvalue weighted by molar-refractivity contribution is 5.85. The number of hydrogen-bond donors (Lipinski definition) is 2. The molecule has 0 aliphatic carbocycles. The Morgan fingerprint density at radius 3 is 2.60 bits per heavy atom. The molecule has 0 saturated carbocycles. The molecule has 4 nitrogen and oxygen atoms in total. The molecule has 1 atom stereocenters. The lowest BCUT2D eigenvalue weighted by atomic mass is 9.87. The van der Waals surface area contributed by atoms with Crippen LogP contribution in [-0.4, -0.2) is 29.5 Å². The molecule has 1 rings (SSSR count). The first kappa shape index (κ1) is 16.4. The standard InChI is InChI=1S/C15H24FN3O/c1-11(12-7-5-6-8-13(12)16)19(4)10-9-15(2,3)14(17)18-20/h5-8,11,20H,9-10H2,1-4H3,(H2,17,18). The number of rotatable bonds is 6. The van der Waals surface area contributed by atoms with Gasteiger partial charge in [0, 0.05) is 17.0 Å². The zero-order chi connectivity index (χ0) is 15.3. The fourth-order valence-electron chi connectivity index (χ4n) is 1.96. The van der Waals surface area contributed by atoms with E-state index in [2.05, 4.69) is 10.1 Å². The maximum absolute atomic E-state index is 13.8. The first-order chi connectivity index (χ1) is 9.29. The summed E-state index contributed by atoms with van der Waals surface area (Å²) in [6.07, 6.45) is 0.720. The fraction of sp³-hybridized carbons (Fsp3) is 0.533. The summed E-state index contributed by atoms with van der Waals surface area (Å²) in [5, 5.41) is 11.8. The fourth-order valence-corrected chi connectivity index (χ4v) is 1.96. The molecule has 0 heterocycles. The van der Waals surface area contributed by atoms with E-state index in [1.165, 1.54) is 6.07 Å². The van der Waals surface area contributed by atoms with Crippen LogP contribution < -0.4 is 5.73 Å². The highest BCUT2D eigenvalue weighted by Gasteiger charge is 2.25. The molecule has 0 amide bonds. The van der Waals surface area contributed by atoms with Gasteiger partial charge in [-0.1, -0.05) is 37.2 Å². The van der Waals surface area contributed by atoms with Crippen molar-refractivity contribution in [3.8, 4) is 0 Å². The van der Waals surface area contributed by atoms with E-state index in [-0.39, 0.29) is 17.7 Å². The smallest absolute Gasteiger partial charge is 0.144 e. The van der Waals surface area contributed by atoms with Crippen molar-refractivity contribution in [2.45, 2.75) is 33.2 Å². The lowest BCUT2D eigenvalue weighted by Gasteiger charge is -2.30. The molecule has 1 aromatic rings. The predicted octanol–water partition coefficient (Wildman–Crippen LogP) is 2.98. The van der Waals surface area contributed by atoms with Crippen molar-refractivity contribution < 1.29 is 9.60 Å². The van der Waals surface area contributed by atoms with Gasteiger partial charge < -0.3 is 10.9 Å². The van der Waals surface area contributed by atoms with E-state index in [1.807, 2.05) is 33.9 Å². The highest BCUT2D eigenvalue weighted by Crippen LogP contribution is 2.25. The van der Waals surface area contributed by atoms with Crippen LogP contribution in [0, 0.1) is 11.2 Å². The summed E-state index contributed by atoms with van der Waals surface area (Å²) >= 11 is 0. The first-order valence-electron chi connectivity index (χ1n) is 6.72. The average molecular weight is 281 g/mol. The minimum atomic E-state index is -0.391. The topological polar surface area (TPSA) is 61.8 Å². The Morgan fingerprint density at radius 2 is 2.05 bits per heavy atom. The lowest BCUT2D eigenvalue weighted by Crippen LogP contribution is -2.36. The minimum Gasteiger partial charge on any atom is -0.409 e. The Hall–Kier alpha value is -1.62. The van der Waals surface area contributed by atoms with Gasteiger partial charge in [0.25, 0.3) is 0 Å². The predicted molar refractivity (Wildman–Crippen MR) is 79.3 cm³/mol. The van der Waals surface area contributed by atoms with Crippen LogP contribution in [0.3, 0.4) is 0 Å². The van der Waals surface area contributed by atoms with Gasteiger partial charge in [-0.25, -0.2) is 4.39 Å². The molecule has 3 N–H and O–H groups in total. The van der Waals surface area contributed by atoms with Crippen molar-refractivity contribution in [2.24, 2.45) is 16.3 Å². The first-order valence-corrected chi connectivity index (χ1v) is 6.72. The summed E-state index contributed by atoms with van der Waals surface area (Å²) in [7, 11) is 1.94. The van der Waals surface area contributed by atoms with Gasteiger partial charge in [0.05, 0.1) is 0 Å². The van der Waals surface area contributed by atoms with E-state index in [4.69, 9.17) is 10.9 Å². The summed E-state index contributed by atoms with van der Waals surface area (Å²) in [4.78, 5) is 2.06. The second kappa shape index (κ2) is 6.70. The third kappa shape index (κ3) is 3.93. The van der Waals surface area contributed by atoms with Gasteiger partial charge in [0.2, 0.25) is 0 Å². The van der Waals surface area contributed by atoms with Crippen LogP contribution in [0.4, 0.5) is 4.39 Å². The van der Waals surface area contributed by atoms with E-state index in [0.29, 0.717) is 5.56 Å². The normalized spacial score (nSPS) is 14.6. The molecular weight excluding hydrogens is 257 g/mol. The molecule has 0 aliphatic rings.